The summed E-state index contributed by atoms with van der Waals surface area (Å²) in [4.78, 5) is 16.7. The molecule has 1 aromatic carbocycles. The summed E-state index contributed by atoms with van der Waals surface area (Å²) in [5.74, 6) is 0.917. The van der Waals surface area contributed by atoms with Gasteiger partial charge >= 0.3 is 0 Å². The van der Waals surface area contributed by atoms with Crippen molar-refractivity contribution >= 4 is 30.1 Å². The van der Waals surface area contributed by atoms with Gasteiger partial charge in [0.2, 0.25) is 5.91 Å². The Kier molecular flexibility index (Phi) is 6.40. The van der Waals surface area contributed by atoms with Crippen molar-refractivity contribution in [2.24, 2.45) is 0 Å². The van der Waals surface area contributed by atoms with Gasteiger partial charge in [0.05, 0.1) is 5.75 Å². The minimum atomic E-state index is 0. The van der Waals surface area contributed by atoms with Crippen LogP contribution in [0.15, 0.2) is 30.3 Å². The summed E-state index contributed by atoms with van der Waals surface area (Å²) in [6, 6.07) is 10.4. The van der Waals surface area contributed by atoms with Gasteiger partial charge < -0.3 is 9.80 Å². The monoisotopic (exact) mass is 326 g/mol. The number of hydrogen-bond acceptors (Lipinski definition) is 3. The Morgan fingerprint density at radius 1 is 1.05 bits per heavy atom. The zero-order chi connectivity index (χ0) is 13.8. The Morgan fingerprint density at radius 2 is 1.76 bits per heavy atom. The Morgan fingerprint density at radius 3 is 2.48 bits per heavy atom. The summed E-state index contributed by atoms with van der Waals surface area (Å²) in [5.41, 5.74) is 1.25. The van der Waals surface area contributed by atoms with E-state index in [1.807, 2.05) is 6.07 Å². The molecular weight excluding hydrogens is 304 g/mol. The first-order chi connectivity index (χ1) is 9.84. The van der Waals surface area contributed by atoms with E-state index in [0.29, 0.717) is 11.7 Å². The van der Waals surface area contributed by atoms with E-state index in [1.54, 1.807) is 11.8 Å². The molecule has 0 aliphatic carbocycles. The molecule has 0 bridgehead atoms. The maximum absolute atomic E-state index is 12.1. The van der Waals surface area contributed by atoms with Crippen molar-refractivity contribution in [3.8, 4) is 0 Å². The number of thioether (sulfide) groups is 1. The van der Waals surface area contributed by atoms with Crippen molar-refractivity contribution in [3.63, 3.8) is 0 Å². The number of amides is 1. The fraction of sp³-hybridized carbons (Fsp3) is 0.562. The van der Waals surface area contributed by atoms with Gasteiger partial charge in [-0.15, -0.1) is 24.2 Å². The highest BCUT2D eigenvalue weighted by atomic mass is 35.5. The molecule has 5 heteroatoms. The highest BCUT2D eigenvalue weighted by Gasteiger charge is 2.32. The molecule has 0 N–H and O–H groups in total. The van der Waals surface area contributed by atoms with E-state index in [2.05, 4.69) is 34.1 Å². The van der Waals surface area contributed by atoms with Crippen LogP contribution in [0, 0.1) is 0 Å². The van der Waals surface area contributed by atoms with E-state index in [9.17, 15) is 4.79 Å². The van der Waals surface area contributed by atoms with Gasteiger partial charge in [0.1, 0.15) is 5.37 Å². The van der Waals surface area contributed by atoms with Gasteiger partial charge in [-0.3, -0.25) is 4.79 Å². The molecular formula is C16H23ClN2OS. The van der Waals surface area contributed by atoms with Gasteiger partial charge in [-0.05, 0) is 31.5 Å². The molecule has 1 unspecified atom stereocenters. The van der Waals surface area contributed by atoms with Gasteiger partial charge in [-0.25, -0.2) is 0 Å². The lowest BCUT2D eigenvalue weighted by Crippen LogP contribution is -2.39. The number of nitrogens with zero attached hydrogens (tertiary/aromatic N) is 2. The van der Waals surface area contributed by atoms with Crippen LogP contribution in [0.4, 0.5) is 0 Å². The van der Waals surface area contributed by atoms with Gasteiger partial charge in [0.25, 0.3) is 0 Å². The number of rotatable bonds is 4. The number of carbonyl (C=O) groups is 1. The summed E-state index contributed by atoms with van der Waals surface area (Å²) in [6.45, 7) is 4.29. The van der Waals surface area contributed by atoms with Crippen LogP contribution in [0.2, 0.25) is 0 Å². The Labute approximate surface area is 137 Å². The molecule has 0 saturated carbocycles. The van der Waals surface area contributed by atoms with E-state index < -0.39 is 0 Å². The zero-order valence-electron chi connectivity index (χ0n) is 12.2. The lowest BCUT2D eigenvalue weighted by Gasteiger charge is -2.30. The quantitative estimate of drug-likeness (QED) is 0.849. The topological polar surface area (TPSA) is 23.6 Å². The Bertz CT molecular complexity index is 451. The second kappa shape index (κ2) is 8.06. The van der Waals surface area contributed by atoms with Crippen molar-refractivity contribution < 1.29 is 4.79 Å². The molecule has 0 spiro atoms. The molecule has 0 aromatic heterocycles. The van der Waals surface area contributed by atoms with E-state index in [0.717, 1.165) is 13.1 Å². The Balaban J connectivity index is 0.00000161. The molecule has 2 aliphatic rings. The van der Waals surface area contributed by atoms with Crippen LogP contribution >= 0.6 is 24.2 Å². The molecule has 3 nitrogen and oxygen atoms in total. The van der Waals surface area contributed by atoms with Crippen molar-refractivity contribution in [2.75, 3.05) is 31.9 Å². The van der Waals surface area contributed by atoms with E-state index in [4.69, 9.17) is 0 Å². The SMILES string of the molecule is Cl.O=C1CSC(c2ccccc2)N1CCN1CCCCC1. The third-order valence-corrected chi connectivity index (χ3v) is 5.41. The van der Waals surface area contributed by atoms with Crippen LogP contribution in [0.1, 0.15) is 30.2 Å². The summed E-state index contributed by atoms with van der Waals surface area (Å²) in [7, 11) is 0. The molecule has 2 fully saturated rings. The van der Waals surface area contributed by atoms with Crippen molar-refractivity contribution in [3.05, 3.63) is 35.9 Å². The molecule has 2 aliphatic heterocycles. The fourth-order valence-electron chi connectivity index (χ4n) is 3.02. The second-order valence-electron chi connectivity index (χ2n) is 5.56. The van der Waals surface area contributed by atoms with Crippen LogP contribution in [0.3, 0.4) is 0 Å². The number of likely N-dealkylation sites (tertiary alicyclic amines) is 1. The molecule has 1 amide bonds. The lowest BCUT2D eigenvalue weighted by atomic mass is 10.1. The zero-order valence-corrected chi connectivity index (χ0v) is 13.9. The molecule has 2 saturated heterocycles. The second-order valence-corrected chi connectivity index (χ2v) is 6.63. The van der Waals surface area contributed by atoms with Crippen LogP contribution in [-0.4, -0.2) is 47.6 Å². The molecule has 21 heavy (non-hydrogen) atoms. The van der Waals surface area contributed by atoms with Crippen molar-refractivity contribution in [2.45, 2.75) is 24.6 Å². The van der Waals surface area contributed by atoms with E-state index in [-0.39, 0.29) is 17.8 Å². The minimum Gasteiger partial charge on any atom is -0.325 e. The first kappa shape index (κ1) is 16.7. The first-order valence-corrected chi connectivity index (χ1v) is 8.58. The number of benzene rings is 1. The third kappa shape index (κ3) is 4.15. The highest BCUT2D eigenvalue weighted by molar-refractivity contribution is 8.00. The number of carbonyl (C=O) groups excluding carboxylic acids is 1. The molecule has 1 atom stereocenters. The van der Waals surface area contributed by atoms with Gasteiger partial charge in [-0.2, -0.15) is 0 Å². The number of halogens is 1. The van der Waals surface area contributed by atoms with Crippen LogP contribution in [0.5, 0.6) is 0 Å². The van der Waals surface area contributed by atoms with Crippen molar-refractivity contribution in [1.29, 1.82) is 0 Å². The van der Waals surface area contributed by atoms with Crippen LogP contribution in [0.25, 0.3) is 0 Å². The van der Waals surface area contributed by atoms with E-state index >= 15 is 0 Å². The summed E-state index contributed by atoms with van der Waals surface area (Å²) in [5, 5.41) is 0.216. The first-order valence-electron chi connectivity index (χ1n) is 7.53. The third-order valence-electron chi connectivity index (χ3n) is 4.16. The minimum absolute atomic E-state index is 0. The standard InChI is InChI=1S/C16H22N2OS.ClH/c19-15-13-20-16(14-7-3-1-4-8-14)18(15)12-11-17-9-5-2-6-10-17;/h1,3-4,7-8,16H,2,5-6,9-13H2;1H. The van der Waals surface area contributed by atoms with Gasteiger partial charge in [0, 0.05) is 13.1 Å². The number of piperidine rings is 1. The largest absolute Gasteiger partial charge is 0.325 e. The molecule has 116 valence electrons. The number of hydrogen-bond donors (Lipinski definition) is 0. The molecule has 2 heterocycles. The normalized spacial score (nSPS) is 23.1. The molecule has 1 aromatic rings. The average molecular weight is 327 g/mol. The van der Waals surface area contributed by atoms with Crippen LogP contribution in [-0.2, 0) is 4.79 Å². The average Bonchev–Trinajstić information content (AvgIpc) is 2.88. The fourth-order valence-corrected chi connectivity index (χ4v) is 4.24. The smallest absolute Gasteiger partial charge is 0.233 e. The van der Waals surface area contributed by atoms with Gasteiger partial charge in [0.15, 0.2) is 0 Å². The predicted octanol–water partition coefficient (Wildman–Crippen LogP) is 3.17. The van der Waals surface area contributed by atoms with Crippen molar-refractivity contribution in [1.82, 2.24) is 9.80 Å². The molecule has 0 radical (unpaired) electrons. The lowest BCUT2D eigenvalue weighted by molar-refractivity contribution is -0.128. The van der Waals surface area contributed by atoms with E-state index in [1.165, 1.54) is 37.9 Å². The summed E-state index contributed by atoms with van der Waals surface area (Å²) >= 11 is 1.76. The maximum Gasteiger partial charge on any atom is 0.233 e. The van der Waals surface area contributed by atoms with Crippen LogP contribution < -0.4 is 0 Å². The predicted molar refractivity (Wildman–Crippen MR) is 90.9 cm³/mol. The Hall–Kier alpha value is -0.710. The molecule has 3 rings (SSSR count). The maximum atomic E-state index is 12.1. The summed E-state index contributed by atoms with van der Waals surface area (Å²) < 4.78 is 0. The summed E-state index contributed by atoms with van der Waals surface area (Å²) in [6.07, 6.45) is 3.98. The highest BCUT2D eigenvalue weighted by Crippen LogP contribution is 2.38. The van der Waals surface area contributed by atoms with Gasteiger partial charge in [-0.1, -0.05) is 36.8 Å².